The number of phenols is 1. The van der Waals surface area contributed by atoms with Crippen LogP contribution in [0.3, 0.4) is 0 Å². The number of hydrogen-bond acceptors (Lipinski definition) is 4. The molecule has 0 radical (unpaired) electrons. The number of thiocarbonyl (C=S) groups is 1. The minimum absolute atomic E-state index is 0.0630. The Morgan fingerprint density at radius 2 is 1.81 bits per heavy atom. The first kappa shape index (κ1) is 20.1. The van der Waals surface area contributed by atoms with Crippen molar-refractivity contribution in [3.05, 3.63) is 61.0 Å². The van der Waals surface area contributed by atoms with Gasteiger partial charge in [-0.3, -0.25) is 19.8 Å². The predicted octanol–water partition coefficient (Wildman–Crippen LogP) is 4.95. The fourth-order valence-corrected chi connectivity index (χ4v) is 3.99. The van der Waals surface area contributed by atoms with Gasteiger partial charge < -0.3 is 5.11 Å². The van der Waals surface area contributed by atoms with Crippen molar-refractivity contribution in [2.75, 3.05) is 4.90 Å². The number of aromatic hydroxyl groups is 1. The van der Waals surface area contributed by atoms with Gasteiger partial charge in [-0.25, -0.2) is 0 Å². The molecule has 1 aliphatic heterocycles. The van der Waals surface area contributed by atoms with Crippen molar-refractivity contribution in [1.82, 2.24) is 5.32 Å². The van der Waals surface area contributed by atoms with Crippen molar-refractivity contribution in [3.63, 3.8) is 0 Å². The Hall–Kier alpha value is -1.64. The third kappa shape index (κ3) is 3.97. The SMILES string of the molecule is O=C1NC(=S)N(c2ccc(Cl)cc2Cl)C(=O)/C1=C/c1cc(Br)cc(Cl)c1O. The van der Waals surface area contributed by atoms with Crippen LogP contribution < -0.4 is 10.2 Å². The highest BCUT2D eigenvalue weighted by atomic mass is 79.9. The van der Waals surface area contributed by atoms with Gasteiger partial charge in [0.15, 0.2) is 5.11 Å². The van der Waals surface area contributed by atoms with Crippen LogP contribution >= 0.6 is 63.0 Å². The van der Waals surface area contributed by atoms with Crippen LogP contribution in [0, 0.1) is 0 Å². The molecule has 1 heterocycles. The summed E-state index contributed by atoms with van der Waals surface area (Å²) in [6, 6.07) is 7.50. The zero-order valence-electron chi connectivity index (χ0n) is 13.1. The first-order chi connectivity index (χ1) is 12.7. The molecular formula is C17H8BrCl3N2O3S. The molecule has 2 N–H and O–H groups in total. The standard InChI is InChI=1S/C17H8BrCl3N2O3S/c18-8-3-7(14(24)12(21)5-8)4-10-15(25)22-17(27)23(16(10)26)13-2-1-9(19)6-11(13)20/h1-6,24H,(H,22,25,27)/b10-4+. The topological polar surface area (TPSA) is 69.6 Å². The molecule has 0 atom stereocenters. The number of nitrogens with zero attached hydrogens (tertiary/aromatic N) is 1. The molecule has 27 heavy (non-hydrogen) atoms. The number of rotatable bonds is 2. The number of nitrogens with one attached hydrogen (secondary N) is 1. The van der Waals surface area contributed by atoms with Crippen molar-refractivity contribution in [3.8, 4) is 5.75 Å². The van der Waals surface area contributed by atoms with E-state index in [-0.39, 0.29) is 37.7 Å². The number of phenolic OH excluding ortho intramolecular Hbond substituents is 1. The van der Waals surface area contributed by atoms with E-state index in [0.717, 1.165) is 4.90 Å². The molecular weight excluding hydrogens is 499 g/mol. The lowest BCUT2D eigenvalue weighted by Gasteiger charge is -2.29. The van der Waals surface area contributed by atoms with E-state index >= 15 is 0 Å². The molecule has 3 rings (SSSR count). The Kier molecular flexibility index (Phi) is 5.79. The van der Waals surface area contributed by atoms with E-state index in [1.165, 1.54) is 30.3 Å². The van der Waals surface area contributed by atoms with Crippen LogP contribution in [-0.4, -0.2) is 22.0 Å². The van der Waals surface area contributed by atoms with Gasteiger partial charge in [-0.2, -0.15) is 0 Å². The van der Waals surface area contributed by atoms with Crippen molar-refractivity contribution in [2.24, 2.45) is 0 Å². The molecule has 2 aromatic rings. The van der Waals surface area contributed by atoms with Crippen molar-refractivity contribution < 1.29 is 14.7 Å². The summed E-state index contributed by atoms with van der Waals surface area (Å²) in [6.07, 6.45) is 1.22. The normalized spacial score (nSPS) is 16.1. The zero-order chi connectivity index (χ0) is 19.9. The molecule has 0 aliphatic carbocycles. The number of amides is 2. The second-order valence-corrected chi connectivity index (χ2v) is 7.93. The lowest BCUT2D eigenvalue weighted by molar-refractivity contribution is -0.122. The van der Waals surface area contributed by atoms with Gasteiger partial charge in [0, 0.05) is 15.1 Å². The van der Waals surface area contributed by atoms with Crippen LogP contribution in [0.2, 0.25) is 15.1 Å². The second-order valence-electron chi connectivity index (χ2n) is 5.38. The largest absolute Gasteiger partial charge is 0.506 e. The molecule has 1 aliphatic rings. The number of benzene rings is 2. The molecule has 0 saturated carbocycles. The van der Waals surface area contributed by atoms with Gasteiger partial charge in [-0.1, -0.05) is 50.7 Å². The van der Waals surface area contributed by atoms with Gasteiger partial charge in [0.1, 0.15) is 11.3 Å². The van der Waals surface area contributed by atoms with Crippen LogP contribution in [0.15, 0.2) is 40.4 Å². The zero-order valence-corrected chi connectivity index (χ0v) is 17.8. The monoisotopic (exact) mass is 504 g/mol. The fraction of sp³-hybridized carbons (Fsp3) is 0. The highest BCUT2D eigenvalue weighted by Gasteiger charge is 2.35. The Labute approximate surface area is 182 Å². The summed E-state index contributed by atoms with van der Waals surface area (Å²) in [5, 5.41) is 13.1. The Bertz CT molecular complexity index is 1040. The van der Waals surface area contributed by atoms with E-state index in [1.54, 1.807) is 6.07 Å². The van der Waals surface area contributed by atoms with Crippen molar-refractivity contribution in [2.45, 2.75) is 0 Å². The number of carbonyl (C=O) groups excluding carboxylic acids is 2. The number of halogens is 4. The lowest BCUT2D eigenvalue weighted by Crippen LogP contribution is -2.54. The first-order valence-electron chi connectivity index (χ1n) is 7.23. The number of anilines is 1. The maximum Gasteiger partial charge on any atom is 0.270 e. The maximum atomic E-state index is 13.0. The lowest BCUT2D eigenvalue weighted by atomic mass is 10.1. The predicted molar refractivity (Wildman–Crippen MR) is 113 cm³/mol. The highest BCUT2D eigenvalue weighted by Crippen LogP contribution is 2.35. The number of hydrogen-bond donors (Lipinski definition) is 2. The summed E-state index contributed by atoms with van der Waals surface area (Å²) >= 11 is 26.4. The minimum Gasteiger partial charge on any atom is -0.506 e. The van der Waals surface area contributed by atoms with Gasteiger partial charge in [0.25, 0.3) is 11.8 Å². The molecule has 2 aromatic carbocycles. The van der Waals surface area contributed by atoms with Crippen LogP contribution in [0.4, 0.5) is 5.69 Å². The molecule has 0 unspecified atom stereocenters. The van der Waals surface area contributed by atoms with Crippen molar-refractivity contribution >= 4 is 91.6 Å². The molecule has 2 amide bonds. The van der Waals surface area contributed by atoms with E-state index in [1.807, 2.05) is 0 Å². The molecule has 5 nitrogen and oxygen atoms in total. The first-order valence-corrected chi connectivity index (χ1v) is 9.57. The second kappa shape index (κ2) is 7.77. The smallest absolute Gasteiger partial charge is 0.270 e. The average Bonchev–Trinajstić information content (AvgIpc) is 2.57. The van der Waals surface area contributed by atoms with Gasteiger partial charge in [0.05, 0.1) is 15.7 Å². The Balaban J connectivity index is 2.11. The van der Waals surface area contributed by atoms with Crippen LogP contribution in [0.1, 0.15) is 5.56 Å². The summed E-state index contributed by atoms with van der Waals surface area (Å²) in [4.78, 5) is 26.4. The molecule has 0 aromatic heterocycles. The van der Waals surface area contributed by atoms with Crippen LogP contribution in [-0.2, 0) is 9.59 Å². The summed E-state index contributed by atoms with van der Waals surface area (Å²) in [6.45, 7) is 0. The highest BCUT2D eigenvalue weighted by molar-refractivity contribution is 9.10. The quantitative estimate of drug-likeness (QED) is 0.344. The van der Waals surface area contributed by atoms with Gasteiger partial charge in [0.2, 0.25) is 0 Å². The summed E-state index contributed by atoms with van der Waals surface area (Å²) in [5.74, 6) is -1.68. The average molecular weight is 507 g/mol. The fourth-order valence-electron chi connectivity index (χ4n) is 2.39. The summed E-state index contributed by atoms with van der Waals surface area (Å²) in [5.41, 5.74) is 0.195. The maximum absolute atomic E-state index is 13.0. The van der Waals surface area contributed by atoms with Gasteiger partial charge in [-0.05, 0) is 48.6 Å². The van der Waals surface area contributed by atoms with Crippen molar-refractivity contribution in [1.29, 1.82) is 0 Å². The third-order valence-corrected chi connectivity index (χ3v) is 5.18. The molecule has 1 fully saturated rings. The van der Waals surface area contributed by atoms with Crippen LogP contribution in [0.5, 0.6) is 5.75 Å². The number of carbonyl (C=O) groups is 2. The van der Waals surface area contributed by atoms with Gasteiger partial charge in [-0.15, -0.1) is 0 Å². The van der Waals surface area contributed by atoms with E-state index in [0.29, 0.717) is 9.50 Å². The summed E-state index contributed by atoms with van der Waals surface area (Å²) in [7, 11) is 0. The van der Waals surface area contributed by atoms with E-state index < -0.39 is 11.8 Å². The van der Waals surface area contributed by atoms with Crippen LogP contribution in [0.25, 0.3) is 6.08 Å². The van der Waals surface area contributed by atoms with E-state index in [4.69, 9.17) is 47.0 Å². The Morgan fingerprint density at radius 1 is 1.11 bits per heavy atom. The minimum atomic E-state index is -0.707. The molecule has 10 heteroatoms. The van der Waals surface area contributed by atoms with Gasteiger partial charge >= 0.3 is 0 Å². The third-order valence-electron chi connectivity index (χ3n) is 3.61. The van der Waals surface area contributed by atoms with E-state index in [9.17, 15) is 14.7 Å². The molecule has 138 valence electrons. The van der Waals surface area contributed by atoms with E-state index in [2.05, 4.69) is 21.2 Å². The molecule has 0 spiro atoms. The molecule has 1 saturated heterocycles. The molecule has 0 bridgehead atoms. The Morgan fingerprint density at radius 3 is 2.48 bits per heavy atom. The summed E-state index contributed by atoms with van der Waals surface area (Å²) < 4.78 is 0.564.